The lowest BCUT2D eigenvalue weighted by atomic mass is 10.2. The Balaban J connectivity index is 2.97. The van der Waals surface area contributed by atoms with Gasteiger partial charge in [0.2, 0.25) is 0 Å². The van der Waals surface area contributed by atoms with Crippen molar-refractivity contribution in [1.82, 2.24) is 5.32 Å². The highest BCUT2D eigenvalue weighted by Crippen LogP contribution is 2.20. The first-order chi connectivity index (χ1) is 7.93. The molecule has 0 aromatic heterocycles. The SMILES string of the molecule is C[C@H](CO)NC(=O)c1cc(Cl)cc([N+](=O)[O-])c1. The van der Waals surface area contributed by atoms with Crippen LogP contribution in [0.2, 0.25) is 5.02 Å². The maximum Gasteiger partial charge on any atom is 0.271 e. The van der Waals surface area contributed by atoms with Gasteiger partial charge < -0.3 is 10.4 Å². The number of halogens is 1. The van der Waals surface area contributed by atoms with Crippen molar-refractivity contribution in [1.29, 1.82) is 0 Å². The molecule has 1 aromatic rings. The molecule has 0 saturated carbocycles. The van der Waals surface area contributed by atoms with Gasteiger partial charge in [0.15, 0.2) is 0 Å². The van der Waals surface area contributed by atoms with E-state index in [4.69, 9.17) is 16.7 Å². The number of rotatable bonds is 4. The number of carbonyl (C=O) groups is 1. The van der Waals surface area contributed by atoms with Gasteiger partial charge in [0.1, 0.15) is 0 Å². The molecule has 92 valence electrons. The Morgan fingerprint density at radius 2 is 2.24 bits per heavy atom. The third kappa shape index (κ3) is 3.69. The number of hydrogen-bond acceptors (Lipinski definition) is 4. The van der Waals surface area contributed by atoms with E-state index in [1.165, 1.54) is 6.07 Å². The highest BCUT2D eigenvalue weighted by molar-refractivity contribution is 6.31. The molecule has 0 radical (unpaired) electrons. The van der Waals surface area contributed by atoms with Crippen LogP contribution < -0.4 is 5.32 Å². The van der Waals surface area contributed by atoms with Crippen LogP contribution in [-0.2, 0) is 0 Å². The zero-order chi connectivity index (χ0) is 13.0. The van der Waals surface area contributed by atoms with Crippen LogP contribution >= 0.6 is 11.6 Å². The number of nitro benzene ring substituents is 1. The summed E-state index contributed by atoms with van der Waals surface area (Å²) < 4.78 is 0. The lowest BCUT2D eigenvalue weighted by Crippen LogP contribution is -2.34. The third-order valence-corrected chi connectivity index (χ3v) is 2.23. The molecule has 0 spiro atoms. The first kappa shape index (κ1) is 13.4. The largest absolute Gasteiger partial charge is 0.394 e. The van der Waals surface area contributed by atoms with Crippen molar-refractivity contribution in [2.75, 3.05) is 6.61 Å². The van der Waals surface area contributed by atoms with Crippen LogP contribution in [0.5, 0.6) is 0 Å². The third-order valence-electron chi connectivity index (χ3n) is 2.01. The van der Waals surface area contributed by atoms with E-state index in [9.17, 15) is 14.9 Å². The van der Waals surface area contributed by atoms with Gasteiger partial charge in [-0.3, -0.25) is 14.9 Å². The van der Waals surface area contributed by atoms with Crippen molar-refractivity contribution >= 4 is 23.2 Å². The van der Waals surface area contributed by atoms with Crippen molar-refractivity contribution in [2.24, 2.45) is 0 Å². The van der Waals surface area contributed by atoms with Crippen LogP contribution in [0, 0.1) is 10.1 Å². The zero-order valence-corrected chi connectivity index (χ0v) is 9.77. The molecule has 6 nitrogen and oxygen atoms in total. The molecule has 1 aromatic carbocycles. The molecule has 0 fully saturated rings. The van der Waals surface area contributed by atoms with Gasteiger partial charge in [0.05, 0.1) is 11.5 Å². The van der Waals surface area contributed by atoms with Gasteiger partial charge in [0, 0.05) is 28.8 Å². The molecule has 0 aliphatic rings. The summed E-state index contributed by atoms with van der Waals surface area (Å²) in [5.74, 6) is -0.517. The number of benzene rings is 1. The van der Waals surface area contributed by atoms with Gasteiger partial charge >= 0.3 is 0 Å². The standard InChI is InChI=1S/C10H11ClN2O4/c1-6(5-14)12-10(15)7-2-8(11)4-9(3-7)13(16)17/h2-4,6,14H,5H2,1H3,(H,12,15)/t6-/m1/s1. The number of carbonyl (C=O) groups excluding carboxylic acids is 1. The number of nitrogens with zero attached hydrogens (tertiary/aromatic N) is 1. The summed E-state index contributed by atoms with van der Waals surface area (Å²) >= 11 is 5.67. The van der Waals surface area contributed by atoms with Gasteiger partial charge in [-0.1, -0.05) is 11.6 Å². The van der Waals surface area contributed by atoms with Crippen LogP contribution in [0.4, 0.5) is 5.69 Å². The summed E-state index contributed by atoms with van der Waals surface area (Å²) in [5.41, 5.74) is -0.163. The van der Waals surface area contributed by atoms with Crippen LogP contribution in [0.1, 0.15) is 17.3 Å². The Bertz CT molecular complexity index is 450. The molecule has 1 atom stereocenters. The highest BCUT2D eigenvalue weighted by Gasteiger charge is 2.15. The molecule has 0 bridgehead atoms. The molecule has 0 aliphatic carbocycles. The van der Waals surface area contributed by atoms with Gasteiger partial charge in [0.25, 0.3) is 11.6 Å². The Hall–Kier alpha value is -1.66. The smallest absolute Gasteiger partial charge is 0.271 e. The zero-order valence-electron chi connectivity index (χ0n) is 9.01. The van der Waals surface area contributed by atoms with Gasteiger partial charge in [-0.05, 0) is 13.0 Å². The van der Waals surface area contributed by atoms with Crippen molar-refractivity contribution in [3.8, 4) is 0 Å². The Labute approximate surface area is 102 Å². The molecular formula is C10H11ClN2O4. The van der Waals surface area contributed by atoms with E-state index < -0.39 is 16.9 Å². The minimum Gasteiger partial charge on any atom is -0.394 e. The molecular weight excluding hydrogens is 248 g/mol. The second-order valence-electron chi connectivity index (χ2n) is 3.51. The fraction of sp³-hybridized carbons (Fsp3) is 0.300. The number of non-ortho nitro benzene ring substituents is 1. The van der Waals surface area contributed by atoms with Crippen molar-refractivity contribution in [3.63, 3.8) is 0 Å². The first-order valence-corrected chi connectivity index (χ1v) is 5.18. The number of amides is 1. The van der Waals surface area contributed by atoms with E-state index in [1.54, 1.807) is 6.92 Å². The second kappa shape index (κ2) is 5.60. The van der Waals surface area contributed by atoms with Crippen molar-refractivity contribution < 1.29 is 14.8 Å². The fourth-order valence-corrected chi connectivity index (χ4v) is 1.39. The van der Waals surface area contributed by atoms with Gasteiger partial charge in [-0.2, -0.15) is 0 Å². The van der Waals surface area contributed by atoms with Crippen LogP contribution in [0.25, 0.3) is 0 Å². The number of aliphatic hydroxyl groups is 1. The van der Waals surface area contributed by atoms with Crippen LogP contribution in [0.15, 0.2) is 18.2 Å². The van der Waals surface area contributed by atoms with E-state index >= 15 is 0 Å². The Morgan fingerprint density at radius 3 is 2.76 bits per heavy atom. The van der Waals surface area contributed by atoms with Gasteiger partial charge in [-0.15, -0.1) is 0 Å². The van der Waals surface area contributed by atoms with E-state index in [0.29, 0.717) is 0 Å². The lowest BCUT2D eigenvalue weighted by molar-refractivity contribution is -0.384. The molecule has 0 unspecified atom stereocenters. The molecule has 1 rings (SSSR count). The normalized spacial score (nSPS) is 11.9. The van der Waals surface area contributed by atoms with Crippen molar-refractivity contribution in [3.05, 3.63) is 38.9 Å². The topological polar surface area (TPSA) is 92.5 Å². The predicted octanol–water partition coefficient (Wildman–Crippen LogP) is 1.36. The Morgan fingerprint density at radius 1 is 1.59 bits per heavy atom. The first-order valence-electron chi connectivity index (χ1n) is 4.80. The number of aliphatic hydroxyl groups excluding tert-OH is 1. The fourth-order valence-electron chi connectivity index (χ4n) is 1.16. The van der Waals surface area contributed by atoms with Gasteiger partial charge in [-0.25, -0.2) is 0 Å². The molecule has 0 aliphatic heterocycles. The van der Waals surface area contributed by atoms with E-state index in [0.717, 1.165) is 12.1 Å². The average molecular weight is 259 g/mol. The summed E-state index contributed by atoms with van der Waals surface area (Å²) in [5, 5.41) is 21.9. The maximum atomic E-state index is 11.6. The number of nitro groups is 1. The second-order valence-corrected chi connectivity index (χ2v) is 3.95. The van der Waals surface area contributed by atoms with E-state index in [-0.39, 0.29) is 22.9 Å². The van der Waals surface area contributed by atoms with Crippen LogP contribution in [0.3, 0.4) is 0 Å². The molecule has 1 amide bonds. The summed E-state index contributed by atoms with van der Waals surface area (Å²) in [4.78, 5) is 21.6. The summed E-state index contributed by atoms with van der Waals surface area (Å²) in [7, 11) is 0. The summed E-state index contributed by atoms with van der Waals surface area (Å²) in [6.45, 7) is 1.39. The number of nitrogens with one attached hydrogen (secondary N) is 1. The van der Waals surface area contributed by atoms with E-state index in [2.05, 4.69) is 5.32 Å². The minimum atomic E-state index is -0.627. The quantitative estimate of drug-likeness (QED) is 0.630. The lowest BCUT2D eigenvalue weighted by Gasteiger charge is -2.10. The molecule has 0 heterocycles. The minimum absolute atomic E-state index is 0.0875. The maximum absolute atomic E-state index is 11.6. The summed E-state index contributed by atoms with van der Waals surface area (Å²) in [6.07, 6.45) is 0. The predicted molar refractivity (Wildman–Crippen MR) is 62.1 cm³/mol. The van der Waals surface area contributed by atoms with E-state index in [1.807, 2.05) is 0 Å². The summed E-state index contributed by atoms with van der Waals surface area (Å²) in [6, 6.07) is 3.19. The molecule has 2 N–H and O–H groups in total. The molecule has 7 heteroatoms. The molecule has 17 heavy (non-hydrogen) atoms. The monoisotopic (exact) mass is 258 g/mol. The Kier molecular flexibility index (Phi) is 4.42. The number of hydrogen-bond donors (Lipinski definition) is 2. The van der Waals surface area contributed by atoms with Crippen LogP contribution in [-0.4, -0.2) is 28.6 Å². The highest BCUT2D eigenvalue weighted by atomic mass is 35.5. The van der Waals surface area contributed by atoms with Crippen molar-refractivity contribution in [2.45, 2.75) is 13.0 Å². The average Bonchev–Trinajstić information content (AvgIpc) is 2.27. The molecule has 0 saturated heterocycles.